The van der Waals surface area contributed by atoms with E-state index in [-0.39, 0.29) is 12.1 Å². The monoisotopic (exact) mass is 366 g/mol. The first-order valence-electron chi connectivity index (χ1n) is 7.70. The van der Waals surface area contributed by atoms with Gasteiger partial charge in [-0.05, 0) is 42.9 Å². The molecule has 1 aromatic carbocycles. The molecule has 0 spiro atoms. The van der Waals surface area contributed by atoms with Gasteiger partial charge in [-0.25, -0.2) is 0 Å². The Hall–Kier alpha value is -1.23. The first-order valence-corrected chi connectivity index (χ1v) is 9.27. The molecular weight excluding hydrogens is 351 g/mol. The SMILES string of the molecule is C[C@@H]1CCc2c(sc3c2C(=O)N[C@@H](c2ccc(Cl)cc2Cl)N3)C1. The van der Waals surface area contributed by atoms with Gasteiger partial charge in [-0.2, -0.15) is 0 Å². The van der Waals surface area contributed by atoms with Gasteiger partial charge in [0.25, 0.3) is 5.91 Å². The summed E-state index contributed by atoms with van der Waals surface area (Å²) in [4.78, 5) is 14.0. The number of hydrogen-bond donors (Lipinski definition) is 2. The first-order chi connectivity index (χ1) is 11.0. The summed E-state index contributed by atoms with van der Waals surface area (Å²) in [5.74, 6) is 0.675. The Kier molecular flexibility index (Phi) is 3.79. The van der Waals surface area contributed by atoms with Crippen molar-refractivity contribution >= 4 is 45.4 Å². The Balaban J connectivity index is 1.71. The van der Waals surface area contributed by atoms with E-state index in [0.29, 0.717) is 16.0 Å². The van der Waals surface area contributed by atoms with E-state index in [1.165, 1.54) is 10.4 Å². The number of carbonyl (C=O) groups is 1. The van der Waals surface area contributed by atoms with Crippen LogP contribution in [-0.2, 0) is 12.8 Å². The highest BCUT2D eigenvalue weighted by Gasteiger charge is 2.33. The van der Waals surface area contributed by atoms with Gasteiger partial charge in [0.1, 0.15) is 11.2 Å². The Morgan fingerprint density at radius 3 is 2.87 bits per heavy atom. The average Bonchev–Trinajstić information content (AvgIpc) is 2.84. The number of fused-ring (bicyclic) bond motifs is 3. The van der Waals surface area contributed by atoms with Crippen LogP contribution in [0.4, 0.5) is 5.00 Å². The number of amides is 1. The van der Waals surface area contributed by atoms with Gasteiger partial charge in [-0.3, -0.25) is 4.79 Å². The van der Waals surface area contributed by atoms with Gasteiger partial charge in [0.15, 0.2) is 0 Å². The second kappa shape index (κ2) is 5.69. The van der Waals surface area contributed by atoms with Crippen LogP contribution in [0.3, 0.4) is 0 Å². The Labute approximate surface area is 149 Å². The maximum atomic E-state index is 12.6. The summed E-state index contributed by atoms with van der Waals surface area (Å²) in [6.07, 6.45) is 2.88. The molecule has 0 unspecified atom stereocenters. The van der Waals surface area contributed by atoms with E-state index < -0.39 is 0 Å². The van der Waals surface area contributed by atoms with Crippen LogP contribution in [0.5, 0.6) is 0 Å². The number of hydrogen-bond acceptors (Lipinski definition) is 3. The van der Waals surface area contributed by atoms with Gasteiger partial charge >= 0.3 is 0 Å². The van der Waals surface area contributed by atoms with Gasteiger partial charge in [0.05, 0.1) is 5.56 Å². The second-order valence-electron chi connectivity index (χ2n) is 6.27. The van der Waals surface area contributed by atoms with Crippen molar-refractivity contribution in [3.63, 3.8) is 0 Å². The van der Waals surface area contributed by atoms with Crippen molar-refractivity contribution in [3.05, 3.63) is 49.8 Å². The molecule has 0 saturated carbocycles. The number of benzene rings is 1. The molecule has 4 rings (SSSR count). The summed E-state index contributed by atoms with van der Waals surface area (Å²) >= 11 is 14.0. The van der Waals surface area contributed by atoms with E-state index in [4.69, 9.17) is 23.2 Å². The zero-order valence-corrected chi connectivity index (χ0v) is 14.9. The standard InChI is InChI=1S/C17H16Cl2N2OS/c1-8-2-4-11-13(6-8)23-17-14(11)16(22)20-15(21-17)10-5-3-9(18)7-12(10)19/h3,5,7-8,15,21H,2,4,6H2,1H3,(H,20,22)/t8-,15-/m1/s1. The van der Waals surface area contributed by atoms with Crippen LogP contribution in [0.25, 0.3) is 0 Å². The van der Waals surface area contributed by atoms with Crippen LogP contribution in [0.15, 0.2) is 18.2 Å². The van der Waals surface area contributed by atoms with E-state index in [0.717, 1.165) is 35.4 Å². The third-order valence-corrected chi connectivity index (χ3v) is 6.31. The molecule has 1 aromatic heterocycles. The van der Waals surface area contributed by atoms with Crippen LogP contribution < -0.4 is 10.6 Å². The van der Waals surface area contributed by atoms with Gasteiger partial charge < -0.3 is 10.6 Å². The molecule has 2 N–H and O–H groups in total. The summed E-state index contributed by atoms with van der Waals surface area (Å²) in [7, 11) is 0. The maximum Gasteiger partial charge on any atom is 0.256 e. The molecule has 1 aliphatic heterocycles. The van der Waals surface area contributed by atoms with Crippen molar-refractivity contribution in [3.8, 4) is 0 Å². The van der Waals surface area contributed by atoms with Gasteiger partial charge in [0.2, 0.25) is 0 Å². The number of rotatable bonds is 1. The maximum absolute atomic E-state index is 12.6. The summed E-state index contributed by atoms with van der Waals surface area (Å²) < 4.78 is 0. The van der Waals surface area contributed by atoms with Crippen LogP contribution >= 0.6 is 34.5 Å². The van der Waals surface area contributed by atoms with E-state index in [9.17, 15) is 4.79 Å². The highest BCUT2D eigenvalue weighted by Crippen LogP contribution is 2.43. The lowest BCUT2D eigenvalue weighted by Crippen LogP contribution is -2.38. The van der Waals surface area contributed by atoms with Gasteiger partial charge in [-0.1, -0.05) is 36.2 Å². The normalized spacial score (nSPS) is 22.8. The molecule has 0 saturated heterocycles. The molecule has 2 aliphatic rings. The molecule has 1 amide bonds. The van der Waals surface area contributed by atoms with Crippen LogP contribution in [0, 0.1) is 5.92 Å². The molecule has 6 heteroatoms. The van der Waals surface area contributed by atoms with Gasteiger partial charge in [0, 0.05) is 20.5 Å². The zero-order valence-electron chi connectivity index (χ0n) is 12.6. The fourth-order valence-electron chi connectivity index (χ4n) is 3.35. The van der Waals surface area contributed by atoms with Crippen molar-refractivity contribution < 1.29 is 4.79 Å². The minimum atomic E-state index is -0.322. The molecule has 3 nitrogen and oxygen atoms in total. The molecule has 120 valence electrons. The molecule has 0 fully saturated rings. The van der Waals surface area contributed by atoms with Crippen molar-refractivity contribution in [1.82, 2.24) is 5.32 Å². The zero-order chi connectivity index (χ0) is 16.1. The molecular formula is C17H16Cl2N2OS. The lowest BCUT2D eigenvalue weighted by molar-refractivity contribution is 0.0935. The molecule has 0 bridgehead atoms. The second-order valence-corrected chi connectivity index (χ2v) is 8.22. The quantitative estimate of drug-likeness (QED) is 0.742. The van der Waals surface area contributed by atoms with Crippen LogP contribution in [0.1, 0.15) is 45.9 Å². The number of nitrogens with one attached hydrogen (secondary N) is 2. The summed E-state index contributed by atoms with van der Waals surface area (Å²) in [6.45, 7) is 2.27. The Morgan fingerprint density at radius 2 is 2.09 bits per heavy atom. The largest absolute Gasteiger partial charge is 0.353 e. The smallest absolute Gasteiger partial charge is 0.256 e. The Bertz CT molecular complexity index is 802. The highest BCUT2D eigenvalue weighted by molar-refractivity contribution is 7.16. The summed E-state index contributed by atoms with van der Waals surface area (Å²) in [6, 6.07) is 5.33. The molecule has 2 aromatic rings. The highest BCUT2D eigenvalue weighted by atomic mass is 35.5. The molecule has 2 heterocycles. The lowest BCUT2D eigenvalue weighted by atomic mass is 9.88. The molecule has 2 atom stereocenters. The van der Waals surface area contributed by atoms with Gasteiger partial charge in [-0.15, -0.1) is 11.3 Å². The minimum Gasteiger partial charge on any atom is -0.353 e. The van der Waals surface area contributed by atoms with E-state index in [1.54, 1.807) is 23.5 Å². The number of halogens is 2. The Morgan fingerprint density at radius 1 is 1.26 bits per heavy atom. The molecule has 0 radical (unpaired) electrons. The predicted molar refractivity (Wildman–Crippen MR) is 95.8 cm³/mol. The van der Waals surface area contributed by atoms with Crippen molar-refractivity contribution in [1.29, 1.82) is 0 Å². The number of anilines is 1. The minimum absolute atomic E-state index is 0.0122. The topological polar surface area (TPSA) is 41.1 Å². The average molecular weight is 367 g/mol. The van der Waals surface area contributed by atoms with Crippen LogP contribution in [0.2, 0.25) is 10.0 Å². The summed E-state index contributed by atoms with van der Waals surface area (Å²) in [5.41, 5.74) is 2.89. The first kappa shape index (κ1) is 15.3. The predicted octanol–water partition coefficient (Wildman–Crippen LogP) is 5.03. The third kappa shape index (κ3) is 2.63. The fraction of sp³-hybridized carbons (Fsp3) is 0.353. The summed E-state index contributed by atoms with van der Waals surface area (Å²) in [5, 5.41) is 8.56. The number of thiophene rings is 1. The van der Waals surface area contributed by atoms with E-state index in [2.05, 4.69) is 17.6 Å². The van der Waals surface area contributed by atoms with Crippen molar-refractivity contribution in [2.75, 3.05) is 5.32 Å². The fourth-order valence-corrected chi connectivity index (χ4v) is 5.31. The van der Waals surface area contributed by atoms with Crippen molar-refractivity contribution in [2.24, 2.45) is 5.92 Å². The van der Waals surface area contributed by atoms with E-state index >= 15 is 0 Å². The number of carbonyl (C=O) groups excluding carboxylic acids is 1. The van der Waals surface area contributed by atoms with E-state index in [1.807, 2.05) is 6.07 Å². The van der Waals surface area contributed by atoms with Crippen LogP contribution in [-0.4, -0.2) is 5.91 Å². The third-order valence-electron chi connectivity index (χ3n) is 4.56. The molecule has 23 heavy (non-hydrogen) atoms. The lowest BCUT2D eigenvalue weighted by Gasteiger charge is -2.27. The molecule has 1 aliphatic carbocycles. The van der Waals surface area contributed by atoms with Crippen molar-refractivity contribution in [2.45, 2.75) is 32.4 Å².